The highest BCUT2D eigenvalue weighted by atomic mass is 19.1. The van der Waals surface area contributed by atoms with E-state index in [0.29, 0.717) is 18.0 Å². The van der Waals surface area contributed by atoms with Crippen molar-refractivity contribution in [2.24, 2.45) is 11.8 Å². The van der Waals surface area contributed by atoms with E-state index in [4.69, 9.17) is 5.11 Å². The van der Waals surface area contributed by atoms with Crippen molar-refractivity contribution in [2.45, 2.75) is 32.2 Å². The molecule has 20 heavy (non-hydrogen) atoms. The molecule has 1 fully saturated rings. The Labute approximate surface area is 117 Å². The molecule has 0 atom stereocenters. The summed E-state index contributed by atoms with van der Waals surface area (Å²) in [5, 5.41) is 12.1. The number of carbonyl (C=O) groups is 1. The molecular formula is C15H19F2NO2. The van der Waals surface area contributed by atoms with Crippen LogP contribution >= 0.6 is 0 Å². The molecule has 0 aliphatic heterocycles. The zero-order chi connectivity index (χ0) is 14.5. The Morgan fingerprint density at radius 2 is 1.75 bits per heavy atom. The van der Waals surface area contributed by atoms with Crippen LogP contribution in [0.25, 0.3) is 0 Å². The smallest absolute Gasteiger partial charge is 0.306 e. The predicted octanol–water partition coefficient (Wildman–Crippen LogP) is 2.95. The molecule has 0 amide bonds. The van der Waals surface area contributed by atoms with Crippen LogP contribution < -0.4 is 5.32 Å². The molecule has 110 valence electrons. The normalized spacial score (nSPS) is 22.7. The number of rotatable bonds is 5. The van der Waals surface area contributed by atoms with Gasteiger partial charge in [0.2, 0.25) is 0 Å². The molecule has 5 heteroatoms. The molecule has 1 aliphatic carbocycles. The lowest BCUT2D eigenvalue weighted by atomic mass is 9.82. The zero-order valence-corrected chi connectivity index (χ0v) is 11.2. The standard InChI is InChI=1S/C15H19F2NO2/c16-13-5-11(6-14(17)7-13)9-18-8-10-1-3-12(4-2-10)15(19)20/h5-7,10,12,18H,1-4,8-9H2,(H,19,20). The van der Waals surface area contributed by atoms with Crippen molar-refractivity contribution in [2.75, 3.05) is 6.54 Å². The van der Waals surface area contributed by atoms with E-state index < -0.39 is 17.6 Å². The van der Waals surface area contributed by atoms with Crippen molar-refractivity contribution in [1.29, 1.82) is 0 Å². The van der Waals surface area contributed by atoms with E-state index in [1.807, 2.05) is 0 Å². The van der Waals surface area contributed by atoms with Crippen LogP contribution in [-0.2, 0) is 11.3 Å². The van der Waals surface area contributed by atoms with Gasteiger partial charge in [-0.15, -0.1) is 0 Å². The second-order valence-corrected chi connectivity index (χ2v) is 5.46. The number of carboxylic acids is 1. The second-order valence-electron chi connectivity index (χ2n) is 5.46. The maximum atomic E-state index is 13.0. The van der Waals surface area contributed by atoms with Crippen LogP contribution in [0.3, 0.4) is 0 Å². The third-order valence-electron chi connectivity index (χ3n) is 3.88. The lowest BCUT2D eigenvalue weighted by Crippen LogP contribution is -2.28. The summed E-state index contributed by atoms with van der Waals surface area (Å²) >= 11 is 0. The first-order chi connectivity index (χ1) is 9.54. The number of hydrogen-bond donors (Lipinski definition) is 2. The summed E-state index contributed by atoms with van der Waals surface area (Å²) < 4.78 is 26.0. The van der Waals surface area contributed by atoms with Gasteiger partial charge < -0.3 is 10.4 Å². The quantitative estimate of drug-likeness (QED) is 0.873. The molecule has 0 heterocycles. The van der Waals surface area contributed by atoms with Gasteiger partial charge in [-0.3, -0.25) is 4.79 Å². The van der Waals surface area contributed by atoms with E-state index in [2.05, 4.69) is 5.32 Å². The fraction of sp³-hybridized carbons (Fsp3) is 0.533. The van der Waals surface area contributed by atoms with Crippen LogP contribution in [0.2, 0.25) is 0 Å². The molecule has 3 nitrogen and oxygen atoms in total. The minimum Gasteiger partial charge on any atom is -0.481 e. The first-order valence-corrected chi connectivity index (χ1v) is 6.93. The Kier molecular flexibility index (Phi) is 5.06. The maximum absolute atomic E-state index is 13.0. The van der Waals surface area contributed by atoms with Gasteiger partial charge in [0.1, 0.15) is 11.6 Å². The number of benzene rings is 1. The third-order valence-corrected chi connectivity index (χ3v) is 3.88. The van der Waals surface area contributed by atoms with Gasteiger partial charge >= 0.3 is 5.97 Å². The van der Waals surface area contributed by atoms with Crippen LogP contribution in [-0.4, -0.2) is 17.6 Å². The average molecular weight is 283 g/mol. The molecule has 1 aliphatic rings. The minimum absolute atomic E-state index is 0.205. The van der Waals surface area contributed by atoms with Crippen molar-refractivity contribution in [3.05, 3.63) is 35.4 Å². The van der Waals surface area contributed by atoms with Gasteiger partial charge in [-0.25, -0.2) is 8.78 Å². The summed E-state index contributed by atoms with van der Waals surface area (Å²) in [6.07, 6.45) is 3.22. The van der Waals surface area contributed by atoms with Crippen LogP contribution in [0.15, 0.2) is 18.2 Å². The lowest BCUT2D eigenvalue weighted by molar-refractivity contribution is -0.143. The van der Waals surface area contributed by atoms with E-state index in [9.17, 15) is 13.6 Å². The van der Waals surface area contributed by atoms with Gasteiger partial charge in [-0.2, -0.15) is 0 Å². The molecular weight excluding hydrogens is 264 g/mol. The van der Waals surface area contributed by atoms with Crippen molar-refractivity contribution < 1.29 is 18.7 Å². The average Bonchev–Trinajstić information content (AvgIpc) is 2.38. The van der Waals surface area contributed by atoms with Gasteiger partial charge in [0.25, 0.3) is 0 Å². The highest BCUT2D eigenvalue weighted by molar-refractivity contribution is 5.69. The van der Waals surface area contributed by atoms with E-state index in [1.165, 1.54) is 12.1 Å². The summed E-state index contributed by atoms with van der Waals surface area (Å²) in [6.45, 7) is 1.18. The Morgan fingerprint density at radius 3 is 2.30 bits per heavy atom. The van der Waals surface area contributed by atoms with Crippen LogP contribution in [0.4, 0.5) is 8.78 Å². The molecule has 0 aromatic heterocycles. The molecule has 0 unspecified atom stereocenters. The number of hydrogen-bond acceptors (Lipinski definition) is 2. The number of aliphatic carboxylic acids is 1. The summed E-state index contributed by atoms with van der Waals surface area (Å²) in [6, 6.07) is 3.49. The molecule has 0 bridgehead atoms. The van der Waals surface area contributed by atoms with E-state index in [1.54, 1.807) is 0 Å². The van der Waals surface area contributed by atoms with Crippen molar-refractivity contribution in [1.82, 2.24) is 5.32 Å². The lowest BCUT2D eigenvalue weighted by Gasteiger charge is -2.26. The van der Waals surface area contributed by atoms with Gasteiger partial charge in [0.05, 0.1) is 5.92 Å². The Bertz CT molecular complexity index is 451. The van der Waals surface area contributed by atoms with E-state index in [0.717, 1.165) is 38.3 Å². The predicted molar refractivity (Wildman–Crippen MR) is 71.1 cm³/mol. The Morgan fingerprint density at radius 1 is 1.15 bits per heavy atom. The summed E-state index contributed by atoms with van der Waals surface area (Å²) in [5.41, 5.74) is 0.585. The molecule has 0 spiro atoms. The second kappa shape index (κ2) is 6.79. The highest BCUT2D eigenvalue weighted by Crippen LogP contribution is 2.28. The van der Waals surface area contributed by atoms with Crippen molar-refractivity contribution in [3.8, 4) is 0 Å². The van der Waals surface area contributed by atoms with E-state index >= 15 is 0 Å². The van der Waals surface area contributed by atoms with Crippen molar-refractivity contribution in [3.63, 3.8) is 0 Å². The van der Waals surface area contributed by atoms with Gasteiger partial charge in [-0.1, -0.05) is 0 Å². The summed E-state index contributed by atoms with van der Waals surface area (Å²) in [5.74, 6) is -1.59. The number of nitrogens with one attached hydrogen (secondary N) is 1. The monoisotopic (exact) mass is 283 g/mol. The van der Waals surface area contributed by atoms with Gasteiger partial charge in [0.15, 0.2) is 0 Å². The number of halogens is 2. The van der Waals surface area contributed by atoms with Gasteiger partial charge in [0, 0.05) is 12.6 Å². The maximum Gasteiger partial charge on any atom is 0.306 e. The third kappa shape index (κ3) is 4.27. The minimum atomic E-state index is -0.702. The summed E-state index contributed by atoms with van der Waals surface area (Å²) in [7, 11) is 0. The first kappa shape index (κ1) is 14.9. The molecule has 2 rings (SSSR count). The molecule has 1 saturated carbocycles. The van der Waals surface area contributed by atoms with Gasteiger partial charge in [-0.05, 0) is 55.8 Å². The molecule has 0 saturated heterocycles. The van der Waals surface area contributed by atoms with Crippen molar-refractivity contribution >= 4 is 5.97 Å². The molecule has 1 aromatic carbocycles. The molecule has 1 aromatic rings. The van der Waals surface area contributed by atoms with E-state index in [-0.39, 0.29) is 5.92 Å². The molecule has 2 N–H and O–H groups in total. The largest absolute Gasteiger partial charge is 0.481 e. The fourth-order valence-corrected chi connectivity index (χ4v) is 2.75. The van der Waals surface area contributed by atoms with Crippen LogP contribution in [0, 0.1) is 23.5 Å². The number of carboxylic acid groups (broad SMARTS) is 1. The fourth-order valence-electron chi connectivity index (χ4n) is 2.75. The van der Waals surface area contributed by atoms with Crippen LogP contribution in [0.5, 0.6) is 0 Å². The SMILES string of the molecule is O=C(O)C1CCC(CNCc2cc(F)cc(F)c2)CC1. The van der Waals surface area contributed by atoms with Crippen LogP contribution in [0.1, 0.15) is 31.2 Å². The highest BCUT2D eigenvalue weighted by Gasteiger charge is 2.25. The molecule has 0 radical (unpaired) electrons. The topological polar surface area (TPSA) is 49.3 Å². The first-order valence-electron chi connectivity index (χ1n) is 6.93. The Balaban J connectivity index is 1.73. The zero-order valence-electron chi connectivity index (χ0n) is 11.2. The Hall–Kier alpha value is -1.49. The summed E-state index contributed by atoms with van der Waals surface area (Å²) in [4.78, 5) is 10.8.